The second kappa shape index (κ2) is 9.05. The van der Waals surface area contributed by atoms with Crippen LogP contribution in [0.4, 0.5) is 0 Å². The van der Waals surface area contributed by atoms with Crippen molar-refractivity contribution in [3.05, 3.63) is 125 Å². The van der Waals surface area contributed by atoms with Crippen molar-refractivity contribution in [3.8, 4) is 40.1 Å². The van der Waals surface area contributed by atoms with E-state index >= 15 is 0 Å². The summed E-state index contributed by atoms with van der Waals surface area (Å²) in [5, 5.41) is 20.8. The first-order chi connectivity index (χ1) is 20.0. The van der Waals surface area contributed by atoms with E-state index in [9.17, 15) is 20.1 Å². The lowest BCUT2D eigenvalue weighted by Gasteiger charge is -2.12. The number of hydrogen-bond acceptors (Lipinski definition) is 4. The molecule has 1 aliphatic rings. The molecule has 0 fully saturated rings. The molecule has 5 aromatic carbocycles. The lowest BCUT2D eigenvalue weighted by molar-refractivity contribution is 0.0693. The number of hydrogen-bond donors (Lipinski definition) is 0. The van der Waals surface area contributed by atoms with Gasteiger partial charge >= 0.3 is 0 Å². The second-order valence-electron chi connectivity index (χ2n) is 10.1. The number of nitrogens with zero attached hydrogens (tertiary/aromatic N) is 4. The van der Waals surface area contributed by atoms with Crippen molar-refractivity contribution in [2.75, 3.05) is 7.05 Å². The second-order valence-corrected chi connectivity index (χ2v) is 10.1. The molecule has 0 atom stereocenters. The first-order valence-electron chi connectivity index (χ1n) is 13.0. The molecule has 0 aliphatic carbocycles. The van der Waals surface area contributed by atoms with Crippen LogP contribution in [0, 0.1) is 22.7 Å². The van der Waals surface area contributed by atoms with E-state index in [1.807, 2.05) is 71.3 Å². The minimum Gasteiger partial charge on any atom is -0.308 e. The molecular weight excluding hydrogens is 508 g/mol. The molecule has 6 aromatic rings. The molecule has 1 aliphatic heterocycles. The molecule has 192 valence electrons. The Morgan fingerprint density at radius 2 is 1.10 bits per heavy atom. The Morgan fingerprint density at radius 1 is 0.585 bits per heavy atom. The first kappa shape index (κ1) is 24.1. The van der Waals surface area contributed by atoms with E-state index in [4.69, 9.17) is 0 Å². The molecule has 7 rings (SSSR count). The average Bonchev–Trinajstić information content (AvgIpc) is 3.47. The van der Waals surface area contributed by atoms with E-state index in [2.05, 4.69) is 24.3 Å². The van der Waals surface area contributed by atoms with Crippen molar-refractivity contribution >= 4 is 33.6 Å². The summed E-state index contributed by atoms with van der Waals surface area (Å²) >= 11 is 0. The largest absolute Gasteiger partial charge is 0.308 e. The van der Waals surface area contributed by atoms with Crippen molar-refractivity contribution in [2.45, 2.75) is 0 Å². The highest BCUT2D eigenvalue weighted by molar-refractivity contribution is 6.23. The third-order valence-corrected chi connectivity index (χ3v) is 7.75. The Labute approximate surface area is 235 Å². The van der Waals surface area contributed by atoms with Crippen LogP contribution in [-0.2, 0) is 0 Å². The van der Waals surface area contributed by atoms with Gasteiger partial charge in [-0.05, 0) is 82.9 Å². The molecule has 0 spiro atoms. The van der Waals surface area contributed by atoms with Gasteiger partial charge in [0.05, 0.1) is 51.1 Å². The van der Waals surface area contributed by atoms with E-state index in [0.29, 0.717) is 27.9 Å². The van der Waals surface area contributed by atoms with Crippen molar-refractivity contribution in [1.29, 1.82) is 10.5 Å². The Kier molecular flexibility index (Phi) is 5.32. The number of carbonyl (C=O) groups is 2. The molecule has 2 heterocycles. The van der Waals surface area contributed by atoms with Gasteiger partial charge in [-0.3, -0.25) is 14.5 Å². The van der Waals surface area contributed by atoms with Crippen LogP contribution in [0.15, 0.2) is 103 Å². The summed E-state index contributed by atoms with van der Waals surface area (Å²) in [4.78, 5) is 27.2. The Bertz CT molecular complexity index is 2080. The Balaban J connectivity index is 1.54. The number of nitriles is 2. The van der Waals surface area contributed by atoms with Gasteiger partial charge in [0, 0.05) is 17.8 Å². The van der Waals surface area contributed by atoms with Gasteiger partial charge in [-0.1, -0.05) is 42.5 Å². The van der Waals surface area contributed by atoms with Crippen molar-refractivity contribution < 1.29 is 9.59 Å². The van der Waals surface area contributed by atoms with E-state index in [0.717, 1.165) is 49.0 Å². The maximum absolute atomic E-state index is 13.2. The Morgan fingerprint density at radius 3 is 1.63 bits per heavy atom. The van der Waals surface area contributed by atoms with Crippen LogP contribution in [0.3, 0.4) is 0 Å². The molecule has 0 saturated carbocycles. The SMILES string of the molecule is CN1C(=O)c2cccc(-n3c4ccc(-c5cccc(C#N)c5)cc4c4cc(-c5cccc(C#N)c5)ccc43)c2C1=O. The van der Waals surface area contributed by atoms with Gasteiger partial charge in [0.2, 0.25) is 0 Å². The van der Waals surface area contributed by atoms with Crippen LogP contribution < -0.4 is 0 Å². The molecule has 1 aromatic heterocycles. The van der Waals surface area contributed by atoms with Crippen LogP contribution in [0.1, 0.15) is 31.8 Å². The monoisotopic (exact) mass is 528 g/mol. The zero-order valence-electron chi connectivity index (χ0n) is 21.9. The standard InChI is InChI=1S/C35H20N4O2/c1-38-34(40)27-9-4-10-32(33(27)35(38)41)39-30-13-11-25(23-7-2-5-21(15-23)19-36)17-28(30)29-18-26(12-14-31(29)39)24-8-3-6-22(16-24)20-37/h2-18H,1H3. The molecule has 6 nitrogen and oxygen atoms in total. The molecule has 0 saturated heterocycles. The van der Waals surface area contributed by atoms with Gasteiger partial charge < -0.3 is 4.57 Å². The maximum atomic E-state index is 13.2. The van der Waals surface area contributed by atoms with Crippen molar-refractivity contribution in [2.24, 2.45) is 0 Å². The summed E-state index contributed by atoms with van der Waals surface area (Å²) in [5.41, 5.74) is 8.09. The highest BCUT2D eigenvalue weighted by Crippen LogP contribution is 2.39. The smallest absolute Gasteiger partial charge is 0.263 e. The van der Waals surface area contributed by atoms with Crippen molar-refractivity contribution in [3.63, 3.8) is 0 Å². The molecule has 0 N–H and O–H groups in total. The number of benzene rings is 5. The van der Waals surface area contributed by atoms with E-state index in [1.165, 1.54) is 7.05 Å². The highest BCUT2D eigenvalue weighted by atomic mass is 16.2. The normalized spacial score (nSPS) is 12.5. The van der Waals surface area contributed by atoms with Gasteiger partial charge in [-0.25, -0.2) is 0 Å². The van der Waals surface area contributed by atoms with Gasteiger partial charge in [-0.2, -0.15) is 10.5 Å². The fraction of sp³-hybridized carbons (Fsp3) is 0.0286. The predicted molar refractivity (Wildman–Crippen MR) is 158 cm³/mol. The number of aromatic nitrogens is 1. The number of amides is 2. The van der Waals surface area contributed by atoms with E-state index in [-0.39, 0.29) is 11.8 Å². The number of rotatable bonds is 3. The molecule has 0 bridgehead atoms. The number of carbonyl (C=O) groups excluding carboxylic acids is 2. The molecular formula is C35H20N4O2. The third kappa shape index (κ3) is 3.63. The number of imide groups is 1. The molecule has 2 amide bonds. The number of fused-ring (bicyclic) bond motifs is 4. The lowest BCUT2D eigenvalue weighted by Crippen LogP contribution is -2.24. The average molecular weight is 529 g/mol. The van der Waals surface area contributed by atoms with Crippen LogP contribution >= 0.6 is 0 Å². The molecule has 0 radical (unpaired) electrons. The minimum atomic E-state index is -0.328. The summed E-state index contributed by atoms with van der Waals surface area (Å²) in [6, 6.07) is 37.0. The lowest BCUT2D eigenvalue weighted by atomic mass is 9.99. The molecule has 0 unspecified atom stereocenters. The van der Waals surface area contributed by atoms with Crippen LogP contribution in [0.2, 0.25) is 0 Å². The van der Waals surface area contributed by atoms with E-state index < -0.39 is 0 Å². The molecule has 6 heteroatoms. The zero-order chi connectivity index (χ0) is 28.2. The quantitative estimate of drug-likeness (QED) is 0.229. The van der Waals surface area contributed by atoms with Gasteiger partial charge in [-0.15, -0.1) is 0 Å². The first-order valence-corrected chi connectivity index (χ1v) is 13.0. The van der Waals surface area contributed by atoms with Crippen molar-refractivity contribution in [1.82, 2.24) is 9.47 Å². The highest BCUT2D eigenvalue weighted by Gasteiger charge is 2.35. The topological polar surface area (TPSA) is 89.9 Å². The summed E-state index contributed by atoms with van der Waals surface area (Å²) in [7, 11) is 1.50. The van der Waals surface area contributed by atoms with Gasteiger partial charge in [0.15, 0.2) is 0 Å². The van der Waals surface area contributed by atoms with Crippen LogP contribution in [-0.4, -0.2) is 28.3 Å². The minimum absolute atomic E-state index is 0.313. The zero-order valence-corrected chi connectivity index (χ0v) is 21.9. The summed E-state index contributed by atoms with van der Waals surface area (Å²) in [5.74, 6) is -0.641. The summed E-state index contributed by atoms with van der Waals surface area (Å²) in [6.45, 7) is 0. The van der Waals surface area contributed by atoms with Crippen LogP contribution in [0.5, 0.6) is 0 Å². The third-order valence-electron chi connectivity index (χ3n) is 7.75. The Hall–Kier alpha value is -5.98. The summed E-state index contributed by atoms with van der Waals surface area (Å²) in [6.07, 6.45) is 0. The van der Waals surface area contributed by atoms with Crippen LogP contribution in [0.25, 0.3) is 49.7 Å². The van der Waals surface area contributed by atoms with Gasteiger partial charge in [0.1, 0.15) is 0 Å². The fourth-order valence-corrected chi connectivity index (χ4v) is 5.75. The van der Waals surface area contributed by atoms with Gasteiger partial charge in [0.25, 0.3) is 11.8 Å². The molecule has 41 heavy (non-hydrogen) atoms. The fourth-order valence-electron chi connectivity index (χ4n) is 5.75. The predicted octanol–water partition coefficient (Wildman–Crippen LogP) is 7.09. The van der Waals surface area contributed by atoms with E-state index in [1.54, 1.807) is 24.3 Å². The maximum Gasteiger partial charge on any atom is 0.263 e. The summed E-state index contributed by atoms with van der Waals surface area (Å²) < 4.78 is 2.04.